The Morgan fingerprint density at radius 1 is 1.04 bits per heavy atom. The molecule has 0 unspecified atom stereocenters. The van der Waals surface area contributed by atoms with Crippen molar-refractivity contribution in [3.8, 4) is 5.75 Å². The van der Waals surface area contributed by atoms with E-state index in [1.54, 1.807) is 0 Å². The fourth-order valence-electron chi connectivity index (χ4n) is 2.75. The van der Waals surface area contributed by atoms with E-state index >= 15 is 0 Å². The van der Waals surface area contributed by atoms with Crippen LogP contribution in [0.1, 0.15) is 11.1 Å². The third-order valence-electron chi connectivity index (χ3n) is 3.87. The van der Waals surface area contributed by atoms with Gasteiger partial charge in [0.05, 0.1) is 0 Å². The van der Waals surface area contributed by atoms with Crippen molar-refractivity contribution in [1.82, 2.24) is 0 Å². The number of nitrogens with one attached hydrogen (secondary N) is 1. The van der Waals surface area contributed by atoms with Gasteiger partial charge >= 0.3 is 0 Å². The Labute approximate surface area is 149 Å². The number of halogens is 1. The van der Waals surface area contributed by atoms with Crippen LogP contribution in [-0.4, -0.2) is 12.5 Å². The first-order chi connectivity index (χ1) is 11.5. The summed E-state index contributed by atoms with van der Waals surface area (Å²) in [5.41, 5.74) is 2.87. The molecule has 0 spiro atoms. The second-order valence-electron chi connectivity index (χ2n) is 5.73. The molecule has 1 amide bonds. The van der Waals surface area contributed by atoms with Crippen molar-refractivity contribution in [3.63, 3.8) is 0 Å². The van der Waals surface area contributed by atoms with Crippen LogP contribution in [0.3, 0.4) is 0 Å². The molecule has 0 aliphatic heterocycles. The molecule has 3 aromatic rings. The number of rotatable bonds is 4. The van der Waals surface area contributed by atoms with Crippen molar-refractivity contribution in [2.45, 2.75) is 13.8 Å². The Morgan fingerprint density at radius 2 is 1.71 bits per heavy atom. The van der Waals surface area contributed by atoms with Gasteiger partial charge in [-0.2, -0.15) is 0 Å². The van der Waals surface area contributed by atoms with Crippen LogP contribution in [0.4, 0.5) is 5.69 Å². The standard InChI is InChI=1S/C20H18BrNO2/c1-13-10-16(21)11-14(2)20(13)22-19(23)12-24-18-9-5-7-15-6-3-4-8-17(15)18/h3-11H,12H2,1-2H3,(H,22,23). The number of anilines is 1. The van der Waals surface area contributed by atoms with Crippen LogP contribution in [0.15, 0.2) is 59.1 Å². The van der Waals surface area contributed by atoms with E-state index in [1.807, 2.05) is 68.4 Å². The molecule has 0 saturated heterocycles. The van der Waals surface area contributed by atoms with Gasteiger partial charge < -0.3 is 10.1 Å². The maximum absolute atomic E-state index is 12.3. The molecule has 1 N–H and O–H groups in total. The summed E-state index contributed by atoms with van der Waals surface area (Å²) in [5.74, 6) is 0.545. The fourth-order valence-corrected chi connectivity index (χ4v) is 3.43. The lowest BCUT2D eigenvalue weighted by Gasteiger charge is -2.13. The number of hydrogen-bond donors (Lipinski definition) is 1. The van der Waals surface area contributed by atoms with Gasteiger partial charge in [0.1, 0.15) is 5.75 Å². The Bertz CT molecular complexity index is 877. The van der Waals surface area contributed by atoms with Gasteiger partial charge in [-0.3, -0.25) is 4.79 Å². The van der Waals surface area contributed by atoms with E-state index in [-0.39, 0.29) is 12.5 Å². The van der Waals surface area contributed by atoms with Gasteiger partial charge in [-0.05, 0) is 48.6 Å². The maximum Gasteiger partial charge on any atom is 0.262 e. The van der Waals surface area contributed by atoms with Crippen molar-refractivity contribution in [1.29, 1.82) is 0 Å². The van der Waals surface area contributed by atoms with Gasteiger partial charge in [0.15, 0.2) is 6.61 Å². The largest absolute Gasteiger partial charge is 0.483 e. The van der Waals surface area contributed by atoms with E-state index < -0.39 is 0 Å². The summed E-state index contributed by atoms with van der Waals surface area (Å²) in [6, 6.07) is 17.8. The molecule has 3 rings (SSSR count). The van der Waals surface area contributed by atoms with Crippen LogP contribution < -0.4 is 10.1 Å². The molecule has 24 heavy (non-hydrogen) atoms. The van der Waals surface area contributed by atoms with E-state index in [0.717, 1.165) is 32.1 Å². The first kappa shape index (κ1) is 16.5. The molecule has 0 aliphatic carbocycles. The second-order valence-corrected chi connectivity index (χ2v) is 6.64. The first-order valence-electron chi connectivity index (χ1n) is 7.72. The number of benzene rings is 3. The monoisotopic (exact) mass is 383 g/mol. The van der Waals surface area contributed by atoms with E-state index in [1.165, 1.54) is 0 Å². The van der Waals surface area contributed by atoms with Crippen LogP contribution in [0, 0.1) is 13.8 Å². The number of ether oxygens (including phenoxy) is 1. The highest BCUT2D eigenvalue weighted by molar-refractivity contribution is 9.10. The number of carbonyl (C=O) groups excluding carboxylic acids is 1. The predicted molar refractivity (Wildman–Crippen MR) is 102 cm³/mol. The van der Waals surface area contributed by atoms with E-state index in [0.29, 0.717) is 5.75 Å². The van der Waals surface area contributed by atoms with Gasteiger partial charge in [0.25, 0.3) is 5.91 Å². The number of hydrogen-bond acceptors (Lipinski definition) is 2. The summed E-state index contributed by atoms with van der Waals surface area (Å²) in [4.78, 5) is 12.3. The number of aryl methyl sites for hydroxylation is 2. The summed E-state index contributed by atoms with van der Waals surface area (Å²) in [6.07, 6.45) is 0. The zero-order chi connectivity index (χ0) is 17.1. The van der Waals surface area contributed by atoms with Gasteiger partial charge in [-0.1, -0.05) is 52.3 Å². The molecule has 4 heteroatoms. The first-order valence-corrected chi connectivity index (χ1v) is 8.51. The average Bonchev–Trinajstić information content (AvgIpc) is 2.56. The molecule has 0 bridgehead atoms. The summed E-state index contributed by atoms with van der Waals surface area (Å²) in [6.45, 7) is 3.92. The third-order valence-corrected chi connectivity index (χ3v) is 4.33. The molecule has 122 valence electrons. The molecule has 3 aromatic carbocycles. The third kappa shape index (κ3) is 3.60. The summed E-state index contributed by atoms with van der Waals surface area (Å²) >= 11 is 3.46. The van der Waals surface area contributed by atoms with Gasteiger partial charge in [-0.25, -0.2) is 0 Å². The minimum atomic E-state index is -0.170. The normalized spacial score (nSPS) is 10.6. The lowest BCUT2D eigenvalue weighted by molar-refractivity contribution is -0.118. The zero-order valence-corrected chi connectivity index (χ0v) is 15.2. The van der Waals surface area contributed by atoms with Crippen molar-refractivity contribution in [3.05, 3.63) is 70.2 Å². The summed E-state index contributed by atoms with van der Waals surface area (Å²) in [5, 5.41) is 5.04. The van der Waals surface area contributed by atoms with Crippen molar-refractivity contribution in [2.24, 2.45) is 0 Å². The predicted octanol–water partition coefficient (Wildman–Crippen LogP) is 5.24. The number of fused-ring (bicyclic) bond motifs is 1. The second kappa shape index (κ2) is 7.05. The quantitative estimate of drug-likeness (QED) is 0.668. The highest BCUT2D eigenvalue weighted by Crippen LogP contribution is 2.26. The molecular weight excluding hydrogens is 366 g/mol. The SMILES string of the molecule is Cc1cc(Br)cc(C)c1NC(=O)COc1cccc2ccccc12. The zero-order valence-electron chi connectivity index (χ0n) is 13.6. The van der Waals surface area contributed by atoms with Crippen molar-refractivity contribution < 1.29 is 9.53 Å². The minimum absolute atomic E-state index is 0.0248. The van der Waals surface area contributed by atoms with Crippen LogP contribution in [0.5, 0.6) is 5.75 Å². The van der Waals surface area contributed by atoms with Gasteiger partial charge in [0.2, 0.25) is 0 Å². The minimum Gasteiger partial charge on any atom is -0.483 e. The average molecular weight is 384 g/mol. The lowest BCUT2D eigenvalue weighted by atomic mass is 10.1. The molecule has 0 atom stereocenters. The Kier molecular flexibility index (Phi) is 4.86. The van der Waals surface area contributed by atoms with E-state index in [4.69, 9.17) is 4.74 Å². The summed E-state index contributed by atoms with van der Waals surface area (Å²) in [7, 11) is 0. The fraction of sp³-hybridized carbons (Fsp3) is 0.150. The molecular formula is C20H18BrNO2. The van der Waals surface area contributed by atoms with Crippen LogP contribution >= 0.6 is 15.9 Å². The van der Waals surface area contributed by atoms with Crippen LogP contribution in [-0.2, 0) is 4.79 Å². The van der Waals surface area contributed by atoms with Crippen molar-refractivity contribution in [2.75, 3.05) is 11.9 Å². The van der Waals surface area contributed by atoms with Gasteiger partial charge in [-0.15, -0.1) is 0 Å². The Balaban J connectivity index is 1.72. The van der Waals surface area contributed by atoms with Crippen LogP contribution in [0.25, 0.3) is 10.8 Å². The molecule has 0 aromatic heterocycles. The molecule has 0 saturated carbocycles. The van der Waals surface area contributed by atoms with Crippen molar-refractivity contribution >= 4 is 38.3 Å². The molecule has 0 aliphatic rings. The topological polar surface area (TPSA) is 38.3 Å². The van der Waals surface area contributed by atoms with E-state index in [2.05, 4.69) is 21.2 Å². The molecule has 0 radical (unpaired) electrons. The Hall–Kier alpha value is -2.33. The number of amides is 1. The van der Waals surface area contributed by atoms with E-state index in [9.17, 15) is 4.79 Å². The van der Waals surface area contributed by atoms with Gasteiger partial charge in [0, 0.05) is 15.5 Å². The highest BCUT2D eigenvalue weighted by atomic mass is 79.9. The Morgan fingerprint density at radius 3 is 2.46 bits per heavy atom. The molecule has 0 fully saturated rings. The smallest absolute Gasteiger partial charge is 0.262 e. The lowest BCUT2D eigenvalue weighted by Crippen LogP contribution is -2.21. The molecule has 3 nitrogen and oxygen atoms in total. The van der Waals surface area contributed by atoms with Crippen LogP contribution in [0.2, 0.25) is 0 Å². The highest BCUT2D eigenvalue weighted by Gasteiger charge is 2.10. The summed E-state index contributed by atoms with van der Waals surface area (Å²) < 4.78 is 6.74. The number of carbonyl (C=O) groups is 1. The molecule has 0 heterocycles. The maximum atomic E-state index is 12.3.